The van der Waals surface area contributed by atoms with Crippen LogP contribution in [0.2, 0.25) is 0 Å². The molecule has 1 unspecified atom stereocenters. The molecule has 1 atom stereocenters. The monoisotopic (exact) mass is 383 g/mol. The van der Waals surface area contributed by atoms with Crippen molar-refractivity contribution >= 4 is 23.1 Å². The summed E-state index contributed by atoms with van der Waals surface area (Å²) in [6, 6.07) is 7.16. The predicted octanol–water partition coefficient (Wildman–Crippen LogP) is 4.36. The number of hydrogen-bond donors (Lipinski definition) is 1. The molecule has 140 valence electrons. The quantitative estimate of drug-likeness (QED) is 0.784. The Morgan fingerprint density at radius 3 is 2.46 bits per heavy atom. The molecule has 0 spiro atoms. The topological polar surface area (TPSA) is 52.9 Å². The molecule has 8 heteroatoms. The lowest BCUT2D eigenvalue weighted by atomic mass is 10.1. The molecule has 1 aromatic heterocycles. The van der Waals surface area contributed by atoms with Crippen molar-refractivity contribution in [1.82, 2.24) is 9.55 Å². The van der Waals surface area contributed by atoms with Crippen molar-refractivity contribution in [3.05, 3.63) is 35.5 Å². The van der Waals surface area contributed by atoms with Gasteiger partial charge in [0.15, 0.2) is 4.90 Å². The maximum Gasteiger partial charge on any atom is 0.414 e. The molecule has 4 nitrogen and oxygen atoms in total. The highest BCUT2D eigenvalue weighted by atomic mass is 32.2. The Morgan fingerprint density at radius 2 is 1.85 bits per heavy atom. The second-order valence-corrected chi connectivity index (χ2v) is 9.33. The number of imidazole rings is 1. The van der Waals surface area contributed by atoms with Crippen LogP contribution < -0.4 is 5.32 Å². The third-order valence-electron chi connectivity index (χ3n) is 4.13. The first kappa shape index (κ1) is 18.8. The zero-order valence-electron chi connectivity index (χ0n) is 14.9. The number of benzene rings is 1. The minimum atomic E-state index is -4.39. The van der Waals surface area contributed by atoms with E-state index in [1.54, 1.807) is 35.9 Å². The van der Waals surface area contributed by atoms with Crippen LogP contribution in [-0.4, -0.2) is 31.6 Å². The minimum Gasteiger partial charge on any atom is -0.611 e. The van der Waals surface area contributed by atoms with Gasteiger partial charge in [-0.1, -0.05) is 12.1 Å². The molecule has 0 aliphatic carbocycles. The number of anilines is 1. The van der Waals surface area contributed by atoms with Gasteiger partial charge in [0.25, 0.3) is 0 Å². The number of alkyl halides is 3. The maximum absolute atomic E-state index is 13.0. The van der Waals surface area contributed by atoms with Gasteiger partial charge in [0.2, 0.25) is 0 Å². The van der Waals surface area contributed by atoms with Crippen LogP contribution in [0.15, 0.2) is 34.7 Å². The number of fused-ring (bicyclic) bond motifs is 1. The molecule has 0 fully saturated rings. The summed E-state index contributed by atoms with van der Waals surface area (Å²) in [6.45, 7) is 5.33. The van der Waals surface area contributed by atoms with Crippen molar-refractivity contribution in [2.24, 2.45) is 7.05 Å². The first-order valence-corrected chi connectivity index (χ1v) is 9.25. The van der Waals surface area contributed by atoms with E-state index in [2.05, 4.69) is 10.3 Å². The van der Waals surface area contributed by atoms with Crippen LogP contribution in [-0.2, 0) is 18.2 Å². The number of rotatable bonds is 2. The molecule has 2 aromatic rings. The Hall–Kier alpha value is -1.93. The molecule has 26 heavy (non-hydrogen) atoms. The van der Waals surface area contributed by atoms with Crippen molar-refractivity contribution < 1.29 is 17.7 Å². The highest BCUT2D eigenvalue weighted by molar-refractivity contribution is 7.92. The number of nitrogens with one attached hydrogen (secondary N) is 1. The maximum atomic E-state index is 13.0. The number of nitrogens with zero attached hydrogens (tertiary/aromatic N) is 2. The van der Waals surface area contributed by atoms with E-state index in [9.17, 15) is 17.7 Å². The van der Waals surface area contributed by atoms with E-state index < -0.39 is 27.7 Å². The van der Waals surface area contributed by atoms with Crippen LogP contribution in [0, 0.1) is 0 Å². The lowest BCUT2D eigenvalue weighted by Crippen LogP contribution is -2.28. The minimum absolute atomic E-state index is 0.234. The molecule has 0 saturated heterocycles. The number of halogens is 3. The summed E-state index contributed by atoms with van der Waals surface area (Å²) in [4.78, 5) is 5.02. The fourth-order valence-corrected chi connectivity index (χ4v) is 4.01. The van der Waals surface area contributed by atoms with E-state index in [0.29, 0.717) is 22.1 Å². The summed E-state index contributed by atoms with van der Waals surface area (Å²) in [5.74, 6) is 1.000. The molecule has 0 saturated carbocycles. The molecule has 1 aliphatic heterocycles. The van der Waals surface area contributed by atoms with Crippen molar-refractivity contribution in [2.75, 3.05) is 11.9 Å². The van der Waals surface area contributed by atoms with Gasteiger partial charge in [0.1, 0.15) is 22.1 Å². The van der Waals surface area contributed by atoms with E-state index >= 15 is 0 Å². The number of hydrogen-bond acceptors (Lipinski definition) is 3. The first-order valence-electron chi connectivity index (χ1n) is 8.10. The van der Waals surface area contributed by atoms with Crippen LogP contribution in [0.4, 0.5) is 19.0 Å². The van der Waals surface area contributed by atoms with Gasteiger partial charge in [0, 0.05) is 13.6 Å². The summed E-state index contributed by atoms with van der Waals surface area (Å²) in [7, 11) is 1.73. The molecule has 0 bridgehead atoms. The van der Waals surface area contributed by atoms with Gasteiger partial charge >= 0.3 is 6.18 Å². The molecule has 1 N–H and O–H groups in total. The zero-order valence-corrected chi connectivity index (χ0v) is 15.8. The van der Waals surface area contributed by atoms with Gasteiger partial charge in [0.05, 0.1) is 11.1 Å². The third-order valence-corrected chi connectivity index (χ3v) is 6.00. The van der Waals surface area contributed by atoms with E-state index in [0.717, 1.165) is 6.08 Å². The van der Waals surface area contributed by atoms with Crippen molar-refractivity contribution in [3.8, 4) is 11.4 Å². The van der Waals surface area contributed by atoms with Gasteiger partial charge in [-0.05, 0) is 50.2 Å². The summed E-state index contributed by atoms with van der Waals surface area (Å²) < 4.78 is 53.1. The van der Waals surface area contributed by atoms with E-state index in [4.69, 9.17) is 0 Å². The van der Waals surface area contributed by atoms with Gasteiger partial charge in [-0.2, -0.15) is 13.2 Å². The van der Waals surface area contributed by atoms with Crippen LogP contribution in [0.5, 0.6) is 0 Å². The smallest absolute Gasteiger partial charge is 0.414 e. The van der Waals surface area contributed by atoms with Crippen LogP contribution in [0.3, 0.4) is 0 Å². The van der Waals surface area contributed by atoms with E-state index in [1.807, 2.05) is 20.8 Å². The first-order chi connectivity index (χ1) is 12.0. The van der Waals surface area contributed by atoms with Crippen molar-refractivity contribution in [3.63, 3.8) is 0 Å². The normalized spacial score (nSPS) is 15.9. The molecular weight excluding hydrogens is 363 g/mol. The third kappa shape index (κ3) is 3.35. The molecular formula is C18H20F3N3OS. The highest BCUT2D eigenvalue weighted by Gasteiger charge is 2.37. The SMILES string of the molecule is Cn1c(-c2ccccc2[S+]([O-])C(C)(C)C)nc2c1NCC(C(F)(F)F)=C2. The van der Waals surface area contributed by atoms with E-state index in [1.165, 1.54) is 0 Å². The van der Waals surface area contributed by atoms with Gasteiger partial charge in [-0.15, -0.1) is 0 Å². The van der Waals surface area contributed by atoms with Gasteiger partial charge in [-0.25, -0.2) is 4.98 Å². The Labute approximate surface area is 153 Å². The molecule has 1 aliphatic rings. The number of aromatic nitrogens is 2. The average Bonchev–Trinajstić information content (AvgIpc) is 2.89. The summed E-state index contributed by atoms with van der Waals surface area (Å²) in [5.41, 5.74) is 0.222. The van der Waals surface area contributed by atoms with Gasteiger partial charge < -0.3 is 14.4 Å². The van der Waals surface area contributed by atoms with Crippen LogP contribution in [0.25, 0.3) is 17.5 Å². The Kier molecular flexibility index (Phi) is 4.60. The summed E-state index contributed by atoms with van der Waals surface area (Å²) >= 11 is -1.30. The standard InChI is InChI=1S/C18H20F3N3OS/c1-17(2,3)26(25)14-8-6-5-7-12(14)15-23-13-9-11(18(19,20)21)10-22-16(13)24(15)4/h5-9,22H,10H2,1-4H3. The Bertz CT molecular complexity index is 866. The average molecular weight is 383 g/mol. The molecule has 2 heterocycles. The second-order valence-electron chi connectivity index (χ2n) is 7.13. The highest BCUT2D eigenvalue weighted by Crippen LogP contribution is 2.37. The molecule has 0 radical (unpaired) electrons. The second kappa shape index (κ2) is 6.35. The summed E-state index contributed by atoms with van der Waals surface area (Å²) in [5, 5.41) is 2.79. The summed E-state index contributed by atoms with van der Waals surface area (Å²) in [6.07, 6.45) is -3.33. The van der Waals surface area contributed by atoms with Crippen LogP contribution >= 0.6 is 0 Å². The lowest BCUT2D eigenvalue weighted by Gasteiger charge is -2.25. The Morgan fingerprint density at radius 1 is 1.19 bits per heavy atom. The van der Waals surface area contributed by atoms with E-state index in [-0.39, 0.29) is 12.2 Å². The van der Waals surface area contributed by atoms with Crippen LogP contribution in [0.1, 0.15) is 26.5 Å². The van der Waals surface area contributed by atoms with Crippen molar-refractivity contribution in [2.45, 2.75) is 36.6 Å². The molecule has 1 aromatic carbocycles. The molecule has 3 rings (SSSR count). The Balaban J connectivity index is 2.12. The predicted molar refractivity (Wildman–Crippen MR) is 97.3 cm³/mol. The van der Waals surface area contributed by atoms with Gasteiger partial charge in [-0.3, -0.25) is 0 Å². The fourth-order valence-electron chi connectivity index (χ4n) is 2.79. The largest absolute Gasteiger partial charge is 0.611 e. The van der Waals surface area contributed by atoms with Crippen molar-refractivity contribution in [1.29, 1.82) is 0 Å². The fraction of sp³-hybridized carbons (Fsp3) is 0.389. The molecule has 0 amide bonds. The zero-order chi connectivity index (χ0) is 19.3. The lowest BCUT2D eigenvalue weighted by molar-refractivity contribution is -0.0909.